The molecule has 3 aromatic carbocycles. The van der Waals surface area contributed by atoms with Gasteiger partial charge in [-0.25, -0.2) is 0 Å². The molecule has 0 aliphatic rings. The Bertz CT molecular complexity index is 1540. The molecule has 1 aromatic heterocycles. The number of benzene rings is 3. The zero-order valence-electron chi connectivity index (χ0n) is 21.2. The van der Waals surface area contributed by atoms with Crippen LogP contribution in [0.4, 0.5) is 30.7 Å². The zero-order valence-corrected chi connectivity index (χ0v) is 24.8. The third kappa shape index (κ3) is 6.86. The van der Waals surface area contributed by atoms with E-state index in [0.717, 1.165) is 12.1 Å². The van der Waals surface area contributed by atoms with Crippen molar-refractivity contribution in [3.8, 4) is 0 Å². The van der Waals surface area contributed by atoms with E-state index in [4.69, 9.17) is 11.6 Å². The molecule has 3 nitrogen and oxygen atoms in total. The fourth-order valence-electron chi connectivity index (χ4n) is 4.46. The molecular weight excluding hydrogens is 679 g/mol. The van der Waals surface area contributed by atoms with Gasteiger partial charge in [-0.3, -0.25) is 0 Å². The van der Waals surface area contributed by atoms with E-state index in [1.165, 1.54) is 30.5 Å². The molecule has 1 unspecified atom stereocenters. The molecule has 0 saturated carbocycles. The average molecular weight is 700 g/mol. The summed E-state index contributed by atoms with van der Waals surface area (Å²) in [5.41, 5.74) is -4.16. The van der Waals surface area contributed by atoms with Gasteiger partial charge in [-0.2, -0.15) is 0 Å². The molecule has 1 atom stereocenters. The number of rotatable bonds is 7. The second kappa shape index (κ2) is 12.0. The normalized spacial score (nSPS) is 13.5. The summed E-state index contributed by atoms with van der Waals surface area (Å²) < 4.78 is 96.9. The number of pyridine rings is 1. The van der Waals surface area contributed by atoms with Crippen molar-refractivity contribution >= 4 is 42.2 Å². The first-order chi connectivity index (χ1) is 19.2. The maximum absolute atomic E-state index is 14.2. The molecule has 0 aliphatic carbocycles. The molecule has 4 aromatic rings. The Morgan fingerprint density at radius 3 is 2.15 bits per heavy atom. The van der Waals surface area contributed by atoms with E-state index in [-0.39, 0.29) is 26.3 Å². The van der Waals surface area contributed by atoms with E-state index in [2.05, 4.69) is 10.3 Å². The second-order valence-corrected chi connectivity index (χ2v) is 12.5. The molecule has 4 rings (SSSR count). The van der Waals surface area contributed by atoms with Gasteiger partial charge < -0.3 is 0 Å². The monoisotopic (exact) mass is 700 g/mol. The summed E-state index contributed by atoms with van der Waals surface area (Å²) in [5.74, 6) is -2.65. The fraction of sp³-hybridized carbons (Fsp3) is 0.172. The van der Waals surface area contributed by atoms with Crippen molar-refractivity contribution in [2.24, 2.45) is 0 Å². The quantitative estimate of drug-likeness (QED) is 0.164. The van der Waals surface area contributed by atoms with Crippen molar-refractivity contribution in [1.82, 2.24) is 10.3 Å². The summed E-state index contributed by atoms with van der Waals surface area (Å²) in [5, 5.41) is 2.89. The molecule has 2 radical (unpaired) electrons. The average Bonchev–Trinajstić information content (AvgIpc) is 2.92. The summed E-state index contributed by atoms with van der Waals surface area (Å²) in [6.07, 6.45) is -8.65. The molecular formula is C29H20ClF7N2OSn. The first-order valence-corrected chi connectivity index (χ1v) is 16.7. The van der Waals surface area contributed by atoms with Gasteiger partial charge in [-0.15, -0.1) is 0 Å². The van der Waals surface area contributed by atoms with Gasteiger partial charge in [0.25, 0.3) is 0 Å². The third-order valence-corrected chi connectivity index (χ3v) is 9.43. The molecule has 1 N–H and O–H groups in total. The fourth-order valence-corrected chi connectivity index (χ4v) is 6.67. The van der Waals surface area contributed by atoms with Crippen LogP contribution >= 0.6 is 11.6 Å². The molecule has 0 fully saturated rings. The van der Waals surface area contributed by atoms with Gasteiger partial charge in [0.05, 0.1) is 0 Å². The molecule has 12 heteroatoms. The Hall–Kier alpha value is -3.12. The van der Waals surface area contributed by atoms with Crippen LogP contribution in [0, 0.1) is 5.82 Å². The first-order valence-electron chi connectivity index (χ1n) is 12.0. The zero-order chi connectivity index (χ0) is 30.0. The summed E-state index contributed by atoms with van der Waals surface area (Å²) in [4.78, 5) is 19.6. The SMILES string of the molecule is [CH3][Sn][c]1ccc(C(Cc2ccccc2)(NC(=O)c2ccc(F)c(C(F)(F)F)c2)c2ccc(Cl)cn2)cc1C(F)(F)F. The van der Waals surface area contributed by atoms with Gasteiger partial charge in [0.2, 0.25) is 0 Å². The van der Waals surface area contributed by atoms with Crippen molar-refractivity contribution in [3.05, 3.63) is 129 Å². The van der Waals surface area contributed by atoms with Crippen LogP contribution in [0.3, 0.4) is 0 Å². The first kappa shape index (κ1) is 30.8. The van der Waals surface area contributed by atoms with E-state index in [9.17, 15) is 35.5 Å². The molecule has 0 bridgehead atoms. The van der Waals surface area contributed by atoms with Gasteiger partial charge in [0.15, 0.2) is 0 Å². The number of nitrogens with zero attached hydrogens (tertiary/aromatic N) is 1. The standard InChI is InChI=1S/C28H17ClF7N2O.CH3.Sn/c29-21-10-12-24(37-16-21)26(15-17-5-2-1-3-6-17,19-7-4-8-20(14-19)27(31,32)33)38-25(39)18-9-11-23(30)22(13-18)28(34,35)36;;/h1-7,9-14,16H,15H2,(H,38,39);1H3;. The molecule has 41 heavy (non-hydrogen) atoms. The van der Waals surface area contributed by atoms with Gasteiger partial charge in [0, 0.05) is 0 Å². The number of alkyl halides is 6. The predicted octanol–water partition coefficient (Wildman–Crippen LogP) is 7.21. The predicted molar refractivity (Wildman–Crippen MR) is 142 cm³/mol. The topological polar surface area (TPSA) is 42.0 Å². The molecule has 0 saturated heterocycles. The molecule has 0 spiro atoms. The van der Waals surface area contributed by atoms with E-state index < -0.39 is 67.4 Å². The Balaban J connectivity index is 1.98. The van der Waals surface area contributed by atoms with Crippen LogP contribution in [0.5, 0.6) is 0 Å². The number of amides is 1. The number of aromatic nitrogens is 1. The van der Waals surface area contributed by atoms with Gasteiger partial charge >= 0.3 is 247 Å². The van der Waals surface area contributed by atoms with E-state index in [0.29, 0.717) is 17.7 Å². The Morgan fingerprint density at radius 2 is 1.56 bits per heavy atom. The summed E-state index contributed by atoms with van der Waals surface area (Å²) >= 11 is 4.46. The minimum atomic E-state index is -5.08. The van der Waals surface area contributed by atoms with E-state index in [1.54, 1.807) is 35.3 Å². The summed E-state index contributed by atoms with van der Waals surface area (Å²) in [6.45, 7) is 0. The number of hydrogen-bond acceptors (Lipinski definition) is 2. The third-order valence-electron chi connectivity index (χ3n) is 6.42. The van der Waals surface area contributed by atoms with Crippen molar-refractivity contribution < 1.29 is 35.5 Å². The molecule has 212 valence electrons. The molecule has 1 amide bonds. The van der Waals surface area contributed by atoms with Crippen LogP contribution in [0.25, 0.3) is 0 Å². The van der Waals surface area contributed by atoms with Gasteiger partial charge in [0.1, 0.15) is 0 Å². The summed E-state index contributed by atoms with van der Waals surface area (Å²) in [6, 6.07) is 16.9. The van der Waals surface area contributed by atoms with Crippen LogP contribution in [-0.2, 0) is 24.3 Å². The Morgan fingerprint density at radius 1 is 0.878 bits per heavy atom. The van der Waals surface area contributed by atoms with Gasteiger partial charge in [-0.1, -0.05) is 0 Å². The summed E-state index contributed by atoms with van der Waals surface area (Å²) in [7, 11) is 0. The van der Waals surface area contributed by atoms with Crippen molar-refractivity contribution in [2.45, 2.75) is 29.3 Å². The van der Waals surface area contributed by atoms with Crippen molar-refractivity contribution in [3.63, 3.8) is 0 Å². The minimum absolute atomic E-state index is 0.00610. The number of carbonyl (C=O) groups is 1. The Kier molecular flexibility index (Phi) is 9.03. The van der Waals surface area contributed by atoms with Crippen LogP contribution in [0.1, 0.15) is 38.3 Å². The maximum atomic E-state index is 14.2. The van der Waals surface area contributed by atoms with Crippen LogP contribution in [-0.4, -0.2) is 32.0 Å². The van der Waals surface area contributed by atoms with Crippen LogP contribution < -0.4 is 8.90 Å². The van der Waals surface area contributed by atoms with Gasteiger partial charge in [-0.05, 0) is 0 Å². The molecule has 0 aliphatic heterocycles. The van der Waals surface area contributed by atoms with Crippen LogP contribution in [0.15, 0.2) is 85.1 Å². The van der Waals surface area contributed by atoms with Crippen molar-refractivity contribution in [1.29, 1.82) is 0 Å². The number of hydrogen-bond donors (Lipinski definition) is 1. The van der Waals surface area contributed by atoms with Crippen molar-refractivity contribution in [2.75, 3.05) is 0 Å². The molecule has 1 heterocycles. The van der Waals surface area contributed by atoms with E-state index >= 15 is 0 Å². The number of carbonyl (C=O) groups excluding carboxylic acids is 1. The Labute approximate surface area is 246 Å². The number of halogens is 8. The number of nitrogens with one attached hydrogen (secondary N) is 1. The second-order valence-electron chi connectivity index (χ2n) is 9.08. The van der Waals surface area contributed by atoms with Crippen LogP contribution in [0.2, 0.25) is 9.96 Å². The van der Waals surface area contributed by atoms with E-state index in [1.807, 2.05) is 0 Å².